The molecule has 0 saturated carbocycles. The van der Waals surface area contributed by atoms with Crippen molar-refractivity contribution >= 4 is 34.8 Å². The smallest absolute Gasteiger partial charge is 0.259 e. The molecule has 21 heavy (non-hydrogen) atoms. The standard InChI is InChI=1S/C16H15Cl2NO2/c1-2-9-21-15-8-7-11(17)10-12(15)16(20)19-14-6-4-3-5-13(14)18/h3-8,10H,2,9H2,1H3,(H,19,20). The first-order chi connectivity index (χ1) is 10.1. The van der Waals surface area contributed by atoms with Crippen molar-refractivity contribution in [3.8, 4) is 5.75 Å². The Bertz CT molecular complexity index is 644. The Morgan fingerprint density at radius 2 is 1.95 bits per heavy atom. The molecule has 3 nitrogen and oxygen atoms in total. The maximum Gasteiger partial charge on any atom is 0.259 e. The lowest BCUT2D eigenvalue weighted by Gasteiger charge is -2.12. The maximum atomic E-state index is 12.4. The number of amides is 1. The van der Waals surface area contributed by atoms with Crippen LogP contribution in [0, 0.1) is 0 Å². The lowest BCUT2D eigenvalue weighted by atomic mass is 10.1. The van der Waals surface area contributed by atoms with Crippen LogP contribution in [0.15, 0.2) is 42.5 Å². The van der Waals surface area contributed by atoms with E-state index in [1.54, 1.807) is 42.5 Å². The summed E-state index contributed by atoms with van der Waals surface area (Å²) >= 11 is 12.0. The fraction of sp³-hybridized carbons (Fsp3) is 0.188. The van der Waals surface area contributed by atoms with Gasteiger partial charge in [0.1, 0.15) is 5.75 Å². The van der Waals surface area contributed by atoms with E-state index in [0.717, 1.165) is 6.42 Å². The fourth-order valence-electron chi connectivity index (χ4n) is 1.77. The van der Waals surface area contributed by atoms with E-state index >= 15 is 0 Å². The number of halogens is 2. The zero-order valence-corrected chi connectivity index (χ0v) is 13.0. The molecule has 0 unspecified atom stereocenters. The Morgan fingerprint density at radius 3 is 2.67 bits per heavy atom. The van der Waals surface area contributed by atoms with E-state index in [2.05, 4.69) is 5.32 Å². The molecule has 1 amide bonds. The van der Waals surface area contributed by atoms with Gasteiger partial charge in [0.15, 0.2) is 0 Å². The molecule has 0 saturated heterocycles. The third-order valence-electron chi connectivity index (χ3n) is 2.77. The van der Waals surface area contributed by atoms with Crippen molar-refractivity contribution in [1.29, 1.82) is 0 Å². The van der Waals surface area contributed by atoms with Crippen LogP contribution in [0.25, 0.3) is 0 Å². The average molecular weight is 324 g/mol. The Labute approximate surface area is 133 Å². The molecule has 0 heterocycles. The van der Waals surface area contributed by atoms with Gasteiger partial charge in [-0.15, -0.1) is 0 Å². The number of nitrogens with one attached hydrogen (secondary N) is 1. The molecule has 2 rings (SSSR count). The summed E-state index contributed by atoms with van der Waals surface area (Å²) < 4.78 is 5.58. The summed E-state index contributed by atoms with van der Waals surface area (Å²) in [5.41, 5.74) is 0.932. The van der Waals surface area contributed by atoms with Gasteiger partial charge in [0, 0.05) is 5.02 Å². The second-order valence-electron chi connectivity index (χ2n) is 4.42. The minimum atomic E-state index is -0.309. The van der Waals surface area contributed by atoms with Gasteiger partial charge in [0.05, 0.1) is 22.9 Å². The number of para-hydroxylation sites is 1. The van der Waals surface area contributed by atoms with Crippen molar-refractivity contribution < 1.29 is 9.53 Å². The molecule has 0 aliphatic carbocycles. The molecular weight excluding hydrogens is 309 g/mol. The van der Waals surface area contributed by atoms with E-state index in [1.165, 1.54) is 0 Å². The number of benzene rings is 2. The number of hydrogen-bond acceptors (Lipinski definition) is 2. The summed E-state index contributed by atoms with van der Waals surface area (Å²) in [7, 11) is 0. The SMILES string of the molecule is CCCOc1ccc(Cl)cc1C(=O)Nc1ccccc1Cl. The first kappa shape index (κ1) is 15.7. The van der Waals surface area contributed by atoms with Crippen molar-refractivity contribution in [2.45, 2.75) is 13.3 Å². The number of carbonyl (C=O) groups is 1. The lowest BCUT2D eigenvalue weighted by molar-refractivity contribution is 0.102. The largest absolute Gasteiger partial charge is 0.493 e. The van der Waals surface area contributed by atoms with E-state index in [9.17, 15) is 4.79 Å². The highest BCUT2D eigenvalue weighted by Gasteiger charge is 2.14. The van der Waals surface area contributed by atoms with Gasteiger partial charge < -0.3 is 10.1 Å². The molecule has 2 aromatic rings. The first-order valence-electron chi connectivity index (χ1n) is 6.60. The molecule has 0 atom stereocenters. The highest BCUT2D eigenvalue weighted by atomic mass is 35.5. The normalized spacial score (nSPS) is 10.2. The van der Waals surface area contributed by atoms with E-state index in [0.29, 0.717) is 33.7 Å². The molecule has 0 spiro atoms. The summed E-state index contributed by atoms with van der Waals surface area (Å²) in [6.45, 7) is 2.54. The van der Waals surface area contributed by atoms with Gasteiger partial charge in [-0.3, -0.25) is 4.79 Å². The predicted molar refractivity (Wildman–Crippen MR) is 86.6 cm³/mol. The van der Waals surface area contributed by atoms with Crippen LogP contribution in [0.3, 0.4) is 0 Å². The van der Waals surface area contributed by atoms with Crippen molar-refractivity contribution in [3.63, 3.8) is 0 Å². The van der Waals surface area contributed by atoms with Crippen LogP contribution in [0.1, 0.15) is 23.7 Å². The van der Waals surface area contributed by atoms with Crippen LogP contribution in [0.5, 0.6) is 5.75 Å². The molecule has 2 aromatic carbocycles. The highest BCUT2D eigenvalue weighted by Crippen LogP contribution is 2.26. The number of hydrogen-bond donors (Lipinski definition) is 1. The highest BCUT2D eigenvalue weighted by molar-refractivity contribution is 6.34. The molecule has 0 aliphatic heterocycles. The monoisotopic (exact) mass is 323 g/mol. The van der Waals surface area contributed by atoms with Gasteiger partial charge in [-0.25, -0.2) is 0 Å². The van der Waals surface area contributed by atoms with E-state index in [-0.39, 0.29) is 5.91 Å². The quantitative estimate of drug-likeness (QED) is 0.837. The molecule has 0 aliphatic rings. The van der Waals surface area contributed by atoms with Gasteiger partial charge in [-0.2, -0.15) is 0 Å². The zero-order valence-electron chi connectivity index (χ0n) is 11.5. The summed E-state index contributed by atoms with van der Waals surface area (Å²) in [5, 5.41) is 3.71. The van der Waals surface area contributed by atoms with Crippen molar-refractivity contribution in [3.05, 3.63) is 58.1 Å². The number of carbonyl (C=O) groups excluding carboxylic acids is 1. The maximum absolute atomic E-state index is 12.4. The second-order valence-corrected chi connectivity index (χ2v) is 5.27. The fourth-order valence-corrected chi connectivity index (χ4v) is 2.12. The molecule has 0 bridgehead atoms. The number of ether oxygens (including phenoxy) is 1. The zero-order chi connectivity index (χ0) is 15.2. The Balaban J connectivity index is 2.25. The summed E-state index contributed by atoms with van der Waals surface area (Å²) in [6.07, 6.45) is 0.855. The van der Waals surface area contributed by atoms with E-state index in [4.69, 9.17) is 27.9 Å². The van der Waals surface area contributed by atoms with Crippen LogP contribution in [-0.4, -0.2) is 12.5 Å². The van der Waals surface area contributed by atoms with Crippen LogP contribution in [-0.2, 0) is 0 Å². The van der Waals surface area contributed by atoms with E-state index < -0.39 is 0 Å². The molecule has 0 radical (unpaired) electrons. The molecule has 1 N–H and O–H groups in total. The summed E-state index contributed by atoms with van der Waals surface area (Å²) in [5.74, 6) is 0.197. The average Bonchev–Trinajstić information content (AvgIpc) is 2.48. The molecular formula is C16H15Cl2NO2. The van der Waals surface area contributed by atoms with Crippen LogP contribution >= 0.6 is 23.2 Å². The Kier molecular flexibility index (Phi) is 5.48. The molecule has 0 fully saturated rings. The molecule has 0 aromatic heterocycles. The van der Waals surface area contributed by atoms with Gasteiger partial charge in [-0.05, 0) is 36.8 Å². The van der Waals surface area contributed by atoms with Gasteiger partial charge in [-0.1, -0.05) is 42.3 Å². The van der Waals surface area contributed by atoms with Crippen LogP contribution in [0.4, 0.5) is 5.69 Å². The van der Waals surface area contributed by atoms with Crippen molar-refractivity contribution in [2.24, 2.45) is 0 Å². The third kappa shape index (κ3) is 4.13. The van der Waals surface area contributed by atoms with Crippen LogP contribution in [0.2, 0.25) is 10.0 Å². The second kappa shape index (κ2) is 7.34. The minimum Gasteiger partial charge on any atom is -0.493 e. The summed E-state index contributed by atoms with van der Waals surface area (Å²) in [4.78, 5) is 12.4. The minimum absolute atomic E-state index is 0.309. The summed E-state index contributed by atoms with van der Waals surface area (Å²) in [6, 6.07) is 12.0. The third-order valence-corrected chi connectivity index (χ3v) is 3.33. The Morgan fingerprint density at radius 1 is 1.19 bits per heavy atom. The van der Waals surface area contributed by atoms with E-state index in [1.807, 2.05) is 6.92 Å². The Hall–Kier alpha value is -1.71. The topological polar surface area (TPSA) is 38.3 Å². The number of anilines is 1. The molecule has 110 valence electrons. The lowest BCUT2D eigenvalue weighted by Crippen LogP contribution is -2.14. The number of rotatable bonds is 5. The van der Waals surface area contributed by atoms with Gasteiger partial charge in [0.25, 0.3) is 5.91 Å². The van der Waals surface area contributed by atoms with Crippen molar-refractivity contribution in [2.75, 3.05) is 11.9 Å². The molecule has 5 heteroatoms. The van der Waals surface area contributed by atoms with Crippen LogP contribution < -0.4 is 10.1 Å². The predicted octanol–water partition coefficient (Wildman–Crippen LogP) is 5.03. The van der Waals surface area contributed by atoms with Gasteiger partial charge >= 0.3 is 0 Å². The van der Waals surface area contributed by atoms with Crippen molar-refractivity contribution in [1.82, 2.24) is 0 Å². The first-order valence-corrected chi connectivity index (χ1v) is 7.35. The van der Waals surface area contributed by atoms with Gasteiger partial charge in [0.2, 0.25) is 0 Å².